The van der Waals surface area contributed by atoms with E-state index in [1.54, 1.807) is 7.11 Å². The van der Waals surface area contributed by atoms with Gasteiger partial charge in [-0.2, -0.15) is 0 Å². The van der Waals surface area contributed by atoms with Gasteiger partial charge in [-0.3, -0.25) is 0 Å². The molecule has 2 saturated carbocycles. The molecule has 2 fully saturated rings. The highest BCUT2D eigenvalue weighted by molar-refractivity contribution is 5.49. The van der Waals surface area contributed by atoms with Gasteiger partial charge in [0.2, 0.25) is 0 Å². The van der Waals surface area contributed by atoms with Gasteiger partial charge in [-0.05, 0) is 85.0 Å². The highest BCUT2D eigenvalue weighted by Gasteiger charge is 2.54. The molecule has 1 aromatic rings. The molecule has 0 amide bonds. The third kappa shape index (κ3) is 1.84. The third-order valence-corrected chi connectivity index (χ3v) is 6.97. The summed E-state index contributed by atoms with van der Waals surface area (Å²) >= 11 is 0. The topological polar surface area (TPSA) is 49.7 Å². The van der Waals surface area contributed by atoms with Gasteiger partial charge in [-0.1, -0.05) is 6.92 Å². The van der Waals surface area contributed by atoms with E-state index in [1.807, 2.05) is 6.07 Å². The highest BCUT2D eigenvalue weighted by Crippen LogP contribution is 2.61. The van der Waals surface area contributed by atoms with Gasteiger partial charge in [0.15, 0.2) is 11.5 Å². The van der Waals surface area contributed by atoms with Gasteiger partial charge in [-0.25, -0.2) is 0 Å². The van der Waals surface area contributed by atoms with E-state index in [4.69, 9.17) is 4.74 Å². The van der Waals surface area contributed by atoms with Crippen LogP contribution in [-0.2, 0) is 6.42 Å². The maximum Gasteiger partial charge on any atom is 0.160 e. The molecule has 0 aliphatic heterocycles. The normalized spacial score (nSPS) is 39.8. The number of aryl methyl sites for hydroxylation is 1. The molecule has 0 radical (unpaired) electrons. The number of phenolic OH excluding ortho intramolecular Hbond substituents is 1. The molecule has 4 rings (SSSR count). The summed E-state index contributed by atoms with van der Waals surface area (Å²) in [5.74, 6) is 2.75. The van der Waals surface area contributed by atoms with Crippen LogP contribution in [-0.4, -0.2) is 23.4 Å². The minimum absolute atomic E-state index is 0.116. The Labute approximate surface area is 132 Å². The summed E-state index contributed by atoms with van der Waals surface area (Å²) in [6.45, 7) is 2.30. The summed E-state index contributed by atoms with van der Waals surface area (Å²) in [6.07, 6.45) is 6.51. The van der Waals surface area contributed by atoms with E-state index in [0.29, 0.717) is 23.5 Å². The number of aliphatic hydroxyl groups is 1. The van der Waals surface area contributed by atoms with Gasteiger partial charge in [0.25, 0.3) is 0 Å². The predicted octanol–water partition coefficient (Wildman–Crippen LogP) is 3.62. The smallest absolute Gasteiger partial charge is 0.160 e. The van der Waals surface area contributed by atoms with Crippen LogP contribution in [0.15, 0.2) is 12.1 Å². The molecule has 0 aromatic heterocycles. The average molecular weight is 302 g/mol. The molecular weight excluding hydrogens is 276 g/mol. The number of ether oxygens (including phenoxy) is 1. The summed E-state index contributed by atoms with van der Waals surface area (Å²) < 4.78 is 5.32. The second-order valence-electron chi connectivity index (χ2n) is 7.78. The van der Waals surface area contributed by atoms with Crippen LogP contribution in [0.2, 0.25) is 0 Å². The van der Waals surface area contributed by atoms with Crippen molar-refractivity contribution in [1.29, 1.82) is 0 Å². The zero-order chi connectivity index (χ0) is 15.5. The number of aromatic hydroxyl groups is 1. The Morgan fingerprint density at radius 2 is 2.00 bits per heavy atom. The lowest BCUT2D eigenvalue weighted by atomic mass is 9.55. The number of phenols is 1. The Bertz CT molecular complexity index is 597. The Balaban J connectivity index is 1.72. The van der Waals surface area contributed by atoms with Crippen LogP contribution >= 0.6 is 0 Å². The van der Waals surface area contributed by atoms with E-state index >= 15 is 0 Å². The van der Waals surface area contributed by atoms with Crippen LogP contribution in [0.4, 0.5) is 0 Å². The molecular formula is C19H26O3. The van der Waals surface area contributed by atoms with E-state index < -0.39 is 0 Å². The van der Waals surface area contributed by atoms with E-state index in [-0.39, 0.29) is 17.3 Å². The molecule has 0 heterocycles. The van der Waals surface area contributed by atoms with Crippen molar-refractivity contribution in [3.63, 3.8) is 0 Å². The van der Waals surface area contributed by atoms with Gasteiger partial charge < -0.3 is 14.9 Å². The molecule has 0 spiro atoms. The van der Waals surface area contributed by atoms with Crippen molar-refractivity contribution < 1.29 is 14.9 Å². The molecule has 0 bridgehead atoms. The molecule has 5 atom stereocenters. The summed E-state index contributed by atoms with van der Waals surface area (Å²) in [5, 5.41) is 20.5. The first-order valence-electron chi connectivity index (χ1n) is 8.62. The van der Waals surface area contributed by atoms with Crippen LogP contribution in [0.5, 0.6) is 11.5 Å². The van der Waals surface area contributed by atoms with E-state index in [1.165, 1.54) is 24.0 Å². The molecule has 120 valence electrons. The van der Waals surface area contributed by atoms with Crippen molar-refractivity contribution in [3.8, 4) is 11.5 Å². The zero-order valence-corrected chi connectivity index (χ0v) is 13.5. The number of aliphatic hydroxyl groups excluding tert-OH is 1. The van der Waals surface area contributed by atoms with Crippen molar-refractivity contribution >= 4 is 0 Å². The quantitative estimate of drug-likeness (QED) is 0.833. The van der Waals surface area contributed by atoms with Crippen molar-refractivity contribution in [2.24, 2.45) is 17.3 Å². The number of methoxy groups -OCH3 is 1. The number of rotatable bonds is 1. The monoisotopic (exact) mass is 302 g/mol. The van der Waals surface area contributed by atoms with Crippen molar-refractivity contribution in [3.05, 3.63) is 23.3 Å². The fraction of sp³-hybridized carbons (Fsp3) is 0.684. The van der Waals surface area contributed by atoms with Crippen LogP contribution in [0, 0.1) is 17.3 Å². The van der Waals surface area contributed by atoms with Gasteiger partial charge in [-0.15, -0.1) is 0 Å². The first-order chi connectivity index (χ1) is 10.5. The lowest BCUT2D eigenvalue weighted by molar-refractivity contribution is -0.0226. The second kappa shape index (κ2) is 4.89. The first kappa shape index (κ1) is 14.4. The molecule has 3 heteroatoms. The fourth-order valence-corrected chi connectivity index (χ4v) is 5.72. The number of hydrogen-bond acceptors (Lipinski definition) is 3. The summed E-state index contributed by atoms with van der Waals surface area (Å²) in [5.41, 5.74) is 2.80. The van der Waals surface area contributed by atoms with Gasteiger partial charge in [0, 0.05) is 0 Å². The predicted molar refractivity (Wildman–Crippen MR) is 85.3 cm³/mol. The van der Waals surface area contributed by atoms with Crippen LogP contribution < -0.4 is 4.74 Å². The lowest BCUT2D eigenvalue weighted by Crippen LogP contribution is -2.43. The molecule has 0 saturated heterocycles. The summed E-state index contributed by atoms with van der Waals surface area (Å²) in [4.78, 5) is 0. The second-order valence-corrected chi connectivity index (χ2v) is 7.78. The van der Waals surface area contributed by atoms with Crippen LogP contribution in [0.3, 0.4) is 0 Å². The van der Waals surface area contributed by atoms with Crippen molar-refractivity contribution in [1.82, 2.24) is 0 Å². The van der Waals surface area contributed by atoms with Gasteiger partial charge in [0.05, 0.1) is 13.2 Å². The SMILES string of the molecule is COc1cc2c(cc1O)CCC1C2CC[C@]2(C)[C@@H](O)CC[C@@H]12. The van der Waals surface area contributed by atoms with E-state index in [9.17, 15) is 10.2 Å². The van der Waals surface area contributed by atoms with Crippen LogP contribution in [0.25, 0.3) is 0 Å². The number of fused-ring (bicyclic) bond motifs is 5. The number of benzene rings is 1. The van der Waals surface area contributed by atoms with Gasteiger partial charge >= 0.3 is 0 Å². The molecule has 3 aliphatic carbocycles. The molecule has 1 aromatic carbocycles. The summed E-state index contributed by atoms with van der Waals surface area (Å²) in [7, 11) is 1.62. The van der Waals surface area contributed by atoms with Crippen molar-refractivity contribution in [2.75, 3.05) is 7.11 Å². The minimum Gasteiger partial charge on any atom is -0.504 e. The third-order valence-electron chi connectivity index (χ3n) is 6.97. The highest BCUT2D eigenvalue weighted by atomic mass is 16.5. The number of hydrogen-bond donors (Lipinski definition) is 2. The first-order valence-corrected chi connectivity index (χ1v) is 8.62. The fourth-order valence-electron chi connectivity index (χ4n) is 5.72. The maximum absolute atomic E-state index is 10.4. The zero-order valence-electron chi connectivity index (χ0n) is 13.5. The Morgan fingerprint density at radius 1 is 1.18 bits per heavy atom. The molecule has 3 nitrogen and oxygen atoms in total. The molecule has 2 N–H and O–H groups in total. The molecule has 3 aliphatic rings. The Hall–Kier alpha value is -1.22. The standard InChI is InChI=1S/C19H26O3/c1-19-8-7-12-13(15(19)5-6-18(19)21)4-3-11-9-16(20)17(22-2)10-14(11)12/h9-10,12-13,15,18,20-21H,3-8H2,1-2H3/t12?,13?,15-,18-,19-/m0/s1. The van der Waals surface area contributed by atoms with E-state index in [0.717, 1.165) is 25.7 Å². The maximum atomic E-state index is 10.4. The average Bonchev–Trinajstić information content (AvgIpc) is 2.82. The minimum atomic E-state index is -0.116. The van der Waals surface area contributed by atoms with Crippen LogP contribution in [0.1, 0.15) is 56.1 Å². The van der Waals surface area contributed by atoms with E-state index in [2.05, 4.69) is 13.0 Å². The Morgan fingerprint density at radius 3 is 2.77 bits per heavy atom. The molecule has 2 unspecified atom stereocenters. The lowest BCUT2D eigenvalue weighted by Gasteiger charge is -2.50. The van der Waals surface area contributed by atoms with Gasteiger partial charge in [0.1, 0.15) is 0 Å². The summed E-state index contributed by atoms with van der Waals surface area (Å²) in [6, 6.07) is 3.97. The molecule has 22 heavy (non-hydrogen) atoms. The Kier molecular flexibility index (Phi) is 3.19. The largest absolute Gasteiger partial charge is 0.504 e. The van der Waals surface area contributed by atoms with Crippen molar-refractivity contribution in [2.45, 2.75) is 57.5 Å².